The Morgan fingerprint density at radius 1 is 1.32 bits per heavy atom. The van der Waals surface area contributed by atoms with E-state index >= 15 is 0 Å². The molecule has 0 heterocycles. The molecule has 0 saturated heterocycles. The van der Waals surface area contributed by atoms with Crippen LogP contribution in [0.25, 0.3) is 0 Å². The van der Waals surface area contributed by atoms with Crippen molar-refractivity contribution in [3.63, 3.8) is 0 Å². The molecule has 0 aliphatic rings. The van der Waals surface area contributed by atoms with Gasteiger partial charge in [-0.05, 0) is 37.1 Å². The molecule has 106 valence electrons. The number of aliphatic hydroxyl groups excluding tert-OH is 2. The van der Waals surface area contributed by atoms with Crippen molar-refractivity contribution >= 4 is 29.1 Å². The quantitative estimate of drug-likeness (QED) is 0.755. The molecule has 0 bridgehead atoms. The van der Waals surface area contributed by atoms with Crippen molar-refractivity contribution in [2.45, 2.75) is 31.9 Å². The highest BCUT2D eigenvalue weighted by Crippen LogP contribution is 2.25. The van der Waals surface area contributed by atoms with E-state index in [1.54, 1.807) is 25.1 Å². The maximum atomic E-state index is 11.7. The highest BCUT2D eigenvalue weighted by atomic mass is 35.5. The molecule has 6 heteroatoms. The van der Waals surface area contributed by atoms with Crippen LogP contribution in [0.3, 0.4) is 0 Å². The summed E-state index contributed by atoms with van der Waals surface area (Å²) in [6.07, 6.45) is -0.561. The van der Waals surface area contributed by atoms with Crippen LogP contribution in [-0.4, -0.2) is 28.8 Å². The number of nitrogens with one attached hydrogen (secondary N) is 1. The van der Waals surface area contributed by atoms with Crippen LogP contribution in [0, 0.1) is 0 Å². The average Bonchev–Trinajstić information content (AvgIpc) is 2.27. The Morgan fingerprint density at radius 2 is 1.89 bits per heavy atom. The molecule has 0 fully saturated rings. The Labute approximate surface area is 122 Å². The molecule has 3 N–H and O–H groups in total. The smallest absolute Gasteiger partial charge is 0.223 e. The van der Waals surface area contributed by atoms with E-state index in [4.69, 9.17) is 28.3 Å². The van der Waals surface area contributed by atoms with Gasteiger partial charge in [-0.2, -0.15) is 0 Å². The van der Waals surface area contributed by atoms with Crippen LogP contribution in [-0.2, 0) is 4.79 Å². The molecule has 1 rings (SSSR count). The van der Waals surface area contributed by atoms with E-state index in [0.29, 0.717) is 22.0 Å². The van der Waals surface area contributed by atoms with E-state index in [0.717, 1.165) is 0 Å². The minimum atomic E-state index is -0.961. The Hall–Kier alpha value is -0.810. The van der Waals surface area contributed by atoms with Crippen molar-refractivity contribution in [1.29, 1.82) is 0 Å². The van der Waals surface area contributed by atoms with Gasteiger partial charge in [-0.15, -0.1) is 0 Å². The normalized spacial score (nSPS) is 13.9. The maximum Gasteiger partial charge on any atom is 0.223 e. The summed E-state index contributed by atoms with van der Waals surface area (Å²) < 4.78 is 0. The third kappa shape index (κ3) is 5.78. The zero-order valence-electron chi connectivity index (χ0n) is 10.6. The number of carbonyl (C=O) groups is 1. The average molecular weight is 306 g/mol. The molecule has 1 amide bonds. The van der Waals surface area contributed by atoms with Crippen molar-refractivity contribution < 1.29 is 15.0 Å². The van der Waals surface area contributed by atoms with Gasteiger partial charge in [-0.25, -0.2) is 0 Å². The molecular weight excluding hydrogens is 289 g/mol. The zero-order valence-corrected chi connectivity index (χ0v) is 12.1. The summed E-state index contributed by atoms with van der Waals surface area (Å²) in [4.78, 5) is 11.7. The first-order valence-corrected chi connectivity index (χ1v) is 6.72. The second-order valence-electron chi connectivity index (χ2n) is 4.40. The Bertz CT molecular complexity index is 420. The standard InChI is InChI=1S/C13H17Cl2NO3/c1-8(2-3-17)16-13(19)7-12(18)9-4-10(14)6-11(15)5-9/h4-6,8,12,17-18H,2-3,7H2,1H3,(H,16,19). The lowest BCUT2D eigenvalue weighted by molar-refractivity contribution is -0.123. The number of amides is 1. The van der Waals surface area contributed by atoms with Gasteiger partial charge in [0.25, 0.3) is 0 Å². The summed E-state index contributed by atoms with van der Waals surface area (Å²) in [5.41, 5.74) is 0.502. The molecule has 0 saturated carbocycles. The summed E-state index contributed by atoms with van der Waals surface area (Å²) >= 11 is 11.7. The molecule has 0 aliphatic carbocycles. The van der Waals surface area contributed by atoms with Crippen LogP contribution >= 0.6 is 23.2 Å². The first-order chi connectivity index (χ1) is 8.92. The lowest BCUT2D eigenvalue weighted by Crippen LogP contribution is -2.34. The fourth-order valence-electron chi connectivity index (χ4n) is 1.66. The Kier molecular flexibility index (Phi) is 6.58. The van der Waals surface area contributed by atoms with Crippen molar-refractivity contribution in [2.24, 2.45) is 0 Å². The van der Waals surface area contributed by atoms with Gasteiger partial charge in [-0.1, -0.05) is 23.2 Å². The molecule has 2 atom stereocenters. The van der Waals surface area contributed by atoms with E-state index in [9.17, 15) is 9.90 Å². The number of hydrogen-bond donors (Lipinski definition) is 3. The third-order valence-corrected chi connectivity index (χ3v) is 3.05. The minimum absolute atomic E-state index is 0.00784. The van der Waals surface area contributed by atoms with E-state index in [1.165, 1.54) is 0 Å². The van der Waals surface area contributed by atoms with E-state index in [1.807, 2.05) is 0 Å². The van der Waals surface area contributed by atoms with Gasteiger partial charge in [0.2, 0.25) is 5.91 Å². The summed E-state index contributed by atoms with van der Waals surface area (Å²) in [6.45, 7) is 1.80. The van der Waals surface area contributed by atoms with Crippen LogP contribution in [0.4, 0.5) is 0 Å². The summed E-state index contributed by atoms with van der Waals surface area (Å²) in [5.74, 6) is -0.287. The van der Waals surface area contributed by atoms with Gasteiger partial charge in [0.1, 0.15) is 0 Å². The van der Waals surface area contributed by atoms with Crippen LogP contribution < -0.4 is 5.32 Å². The second-order valence-corrected chi connectivity index (χ2v) is 5.28. The van der Waals surface area contributed by atoms with Crippen LogP contribution in [0.15, 0.2) is 18.2 Å². The number of carbonyl (C=O) groups excluding carboxylic acids is 1. The fraction of sp³-hybridized carbons (Fsp3) is 0.462. The number of rotatable bonds is 6. The van der Waals surface area contributed by atoms with Gasteiger partial charge < -0.3 is 15.5 Å². The number of benzene rings is 1. The van der Waals surface area contributed by atoms with Gasteiger partial charge in [0.15, 0.2) is 0 Å². The maximum absolute atomic E-state index is 11.7. The molecule has 1 aromatic rings. The van der Waals surface area contributed by atoms with E-state index in [-0.39, 0.29) is 25.0 Å². The predicted molar refractivity (Wildman–Crippen MR) is 75.3 cm³/mol. The molecule has 0 spiro atoms. The first-order valence-electron chi connectivity index (χ1n) is 5.96. The van der Waals surface area contributed by atoms with E-state index in [2.05, 4.69) is 5.32 Å². The monoisotopic (exact) mass is 305 g/mol. The number of halogens is 2. The van der Waals surface area contributed by atoms with Crippen molar-refractivity contribution in [2.75, 3.05) is 6.61 Å². The van der Waals surface area contributed by atoms with Gasteiger partial charge in [0.05, 0.1) is 12.5 Å². The minimum Gasteiger partial charge on any atom is -0.396 e. The molecule has 2 unspecified atom stereocenters. The van der Waals surface area contributed by atoms with Crippen LogP contribution in [0.2, 0.25) is 10.0 Å². The molecular formula is C13H17Cl2NO3. The lowest BCUT2D eigenvalue weighted by atomic mass is 10.1. The molecule has 0 radical (unpaired) electrons. The molecule has 0 aliphatic heterocycles. The summed E-state index contributed by atoms with van der Waals surface area (Å²) in [5, 5.41) is 22.2. The lowest BCUT2D eigenvalue weighted by Gasteiger charge is -2.15. The van der Waals surface area contributed by atoms with Gasteiger partial charge in [0, 0.05) is 22.7 Å². The van der Waals surface area contributed by atoms with Crippen LogP contribution in [0.5, 0.6) is 0 Å². The van der Waals surface area contributed by atoms with Gasteiger partial charge >= 0.3 is 0 Å². The number of hydrogen-bond acceptors (Lipinski definition) is 3. The summed E-state index contributed by atoms with van der Waals surface area (Å²) in [6, 6.07) is 4.57. The van der Waals surface area contributed by atoms with Crippen molar-refractivity contribution in [3.8, 4) is 0 Å². The van der Waals surface area contributed by atoms with Gasteiger partial charge in [-0.3, -0.25) is 4.79 Å². The Morgan fingerprint density at radius 3 is 2.42 bits per heavy atom. The zero-order chi connectivity index (χ0) is 14.4. The fourth-order valence-corrected chi connectivity index (χ4v) is 2.20. The number of aliphatic hydroxyl groups is 2. The second kappa shape index (κ2) is 7.70. The molecule has 0 aromatic heterocycles. The van der Waals surface area contributed by atoms with Crippen LogP contribution in [0.1, 0.15) is 31.4 Å². The topological polar surface area (TPSA) is 69.6 Å². The first kappa shape index (κ1) is 16.2. The Balaban J connectivity index is 2.58. The third-order valence-electron chi connectivity index (χ3n) is 2.62. The molecule has 4 nitrogen and oxygen atoms in total. The van der Waals surface area contributed by atoms with E-state index < -0.39 is 6.10 Å². The van der Waals surface area contributed by atoms with Crippen molar-refractivity contribution in [1.82, 2.24) is 5.32 Å². The highest BCUT2D eigenvalue weighted by molar-refractivity contribution is 6.34. The molecule has 19 heavy (non-hydrogen) atoms. The molecule has 1 aromatic carbocycles. The highest BCUT2D eigenvalue weighted by Gasteiger charge is 2.15. The largest absolute Gasteiger partial charge is 0.396 e. The SMILES string of the molecule is CC(CCO)NC(=O)CC(O)c1cc(Cl)cc(Cl)c1. The predicted octanol–water partition coefficient (Wildman–Crippen LogP) is 2.30. The van der Waals surface area contributed by atoms with Crippen molar-refractivity contribution in [3.05, 3.63) is 33.8 Å². The summed E-state index contributed by atoms with van der Waals surface area (Å²) in [7, 11) is 0.